The Kier molecular flexibility index (Phi) is 4.11. The Morgan fingerprint density at radius 1 is 1.45 bits per heavy atom. The van der Waals surface area contributed by atoms with Gasteiger partial charge in [0.2, 0.25) is 0 Å². The van der Waals surface area contributed by atoms with E-state index in [2.05, 4.69) is 15.2 Å². The molecule has 2 heterocycles. The van der Waals surface area contributed by atoms with E-state index in [-0.39, 0.29) is 22.5 Å². The van der Waals surface area contributed by atoms with Gasteiger partial charge in [0.05, 0.1) is 16.6 Å². The van der Waals surface area contributed by atoms with Gasteiger partial charge in [0, 0.05) is 6.54 Å². The zero-order chi connectivity index (χ0) is 15.7. The number of carbonyl (C=O) groups is 1. The van der Waals surface area contributed by atoms with Gasteiger partial charge in [0.25, 0.3) is 5.91 Å². The average molecular weight is 323 g/mol. The van der Waals surface area contributed by atoms with Crippen LogP contribution in [-0.2, 0) is 0 Å². The van der Waals surface area contributed by atoms with Crippen LogP contribution in [0.1, 0.15) is 47.3 Å². The van der Waals surface area contributed by atoms with Crippen molar-refractivity contribution in [2.75, 3.05) is 6.54 Å². The Balaban J connectivity index is 1.93. The molecule has 7 heteroatoms. The summed E-state index contributed by atoms with van der Waals surface area (Å²) in [7, 11) is 0. The summed E-state index contributed by atoms with van der Waals surface area (Å²) >= 11 is 5.78. The number of carbonyl (C=O) groups excluding carboxylic acids is 1. The van der Waals surface area contributed by atoms with Gasteiger partial charge in [-0.2, -0.15) is 5.10 Å². The summed E-state index contributed by atoms with van der Waals surface area (Å²) in [5.41, 5.74) is -0.00772. The van der Waals surface area contributed by atoms with Gasteiger partial charge in [-0.15, -0.1) is 0 Å². The molecule has 0 aliphatic carbocycles. The molecule has 1 unspecified atom stereocenters. The van der Waals surface area contributed by atoms with Gasteiger partial charge in [-0.3, -0.25) is 9.89 Å². The van der Waals surface area contributed by atoms with Crippen LogP contribution in [0, 0.1) is 12.7 Å². The third-order valence-electron chi connectivity index (χ3n) is 3.86. The Morgan fingerprint density at radius 3 is 3.00 bits per heavy atom. The molecule has 0 radical (unpaired) electrons. The number of hydrogen-bond donors (Lipinski definition) is 1. The molecular formula is C15H16ClFN4O. The highest BCUT2D eigenvalue weighted by molar-refractivity contribution is 6.31. The predicted molar refractivity (Wildman–Crippen MR) is 80.2 cm³/mol. The van der Waals surface area contributed by atoms with Crippen LogP contribution < -0.4 is 0 Å². The lowest BCUT2D eigenvalue weighted by molar-refractivity contribution is 0.0595. The van der Waals surface area contributed by atoms with Gasteiger partial charge in [0.15, 0.2) is 11.6 Å². The van der Waals surface area contributed by atoms with Crippen molar-refractivity contribution in [2.45, 2.75) is 32.2 Å². The molecule has 1 N–H and O–H groups in total. The molecule has 3 rings (SSSR count). The number of H-pyrrole nitrogens is 1. The molecule has 22 heavy (non-hydrogen) atoms. The molecule has 1 aliphatic rings. The lowest BCUT2D eigenvalue weighted by Crippen LogP contribution is -2.39. The van der Waals surface area contributed by atoms with Crippen molar-refractivity contribution in [1.29, 1.82) is 0 Å². The van der Waals surface area contributed by atoms with Gasteiger partial charge in [-0.05, 0) is 38.3 Å². The van der Waals surface area contributed by atoms with Crippen molar-refractivity contribution in [3.8, 4) is 0 Å². The Labute approximate surface area is 132 Å². The highest BCUT2D eigenvalue weighted by Crippen LogP contribution is 2.31. The number of benzene rings is 1. The van der Waals surface area contributed by atoms with Crippen LogP contribution >= 0.6 is 11.6 Å². The van der Waals surface area contributed by atoms with Crippen LogP contribution in [0.5, 0.6) is 0 Å². The van der Waals surface area contributed by atoms with Crippen molar-refractivity contribution in [3.05, 3.63) is 46.3 Å². The fourth-order valence-electron chi connectivity index (χ4n) is 2.78. The molecule has 0 bridgehead atoms. The molecule has 2 aromatic rings. The van der Waals surface area contributed by atoms with Crippen LogP contribution in [0.25, 0.3) is 0 Å². The van der Waals surface area contributed by atoms with E-state index in [0.29, 0.717) is 18.2 Å². The highest BCUT2D eigenvalue weighted by atomic mass is 35.5. The SMILES string of the molecule is Cc1nc(C2CCCCN2C(=O)c2cccc(Cl)c2F)n[nH]1. The van der Waals surface area contributed by atoms with Gasteiger partial charge >= 0.3 is 0 Å². The van der Waals surface area contributed by atoms with Crippen molar-refractivity contribution in [2.24, 2.45) is 0 Å². The number of rotatable bonds is 2. The van der Waals surface area contributed by atoms with Gasteiger partial charge in [0.1, 0.15) is 5.82 Å². The minimum Gasteiger partial charge on any atom is -0.328 e. The maximum absolute atomic E-state index is 14.1. The fraction of sp³-hybridized carbons (Fsp3) is 0.400. The number of hydrogen-bond acceptors (Lipinski definition) is 3. The molecule has 1 amide bonds. The molecule has 5 nitrogen and oxygen atoms in total. The molecule has 1 aromatic carbocycles. The van der Waals surface area contributed by atoms with Gasteiger partial charge in [-0.25, -0.2) is 9.37 Å². The zero-order valence-corrected chi connectivity index (χ0v) is 12.9. The molecule has 116 valence electrons. The molecule has 1 aromatic heterocycles. The topological polar surface area (TPSA) is 61.9 Å². The smallest absolute Gasteiger partial charge is 0.257 e. The Bertz CT molecular complexity index is 703. The molecule has 1 fully saturated rings. The maximum Gasteiger partial charge on any atom is 0.257 e. The highest BCUT2D eigenvalue weighted by Gasteiger charge is 2.32. The summed E-state index contributed by atoms with van der Waals surface area (Å²) in [6, 6.07) is 4.23. The van der Waals surface area contributed by atoms with E-state index < -0.39 is 5.82 Å². The lowest BCUT2D eigenvalue weighted by Gasteiger charge is -2.34. The second kappa shape index (κ2) is 6.04. The van der Waals surface area contributed by atoms with E-state index >= 15 is 0 Å². The van der Waals surface area contributed by atoms with Crippen molar-refractivity contribution < 1.29 is 9.18 Å². The first-order chi connectivity index (χ1) is 10.6. The Morgan fingerprint density at radius 2 is 2.27 bits per heavy atom. The number of aryl methyl sites for hydroxylation is 1. The van der Waals surface area contributed by atoms with Crippen LogP contribution in [-0.4, -0.2) is 32.5 Å². The van der Waals surface area contributed by atoms with Crippen LogP contribution in [0.4, 0.5) is 4.39 Å². The predicted octanol–water partition coefficient (Wildman–Crippen LogP) is 3.27. The number of nitrogens with zero attached hydrogens (tertiary/aromatic N) is 3. The second-order valence-electron chi connectivity index (χ2n) is 5.39. The number of halogens is 2. The van der Waals surface area contributed by atoms with Crippen LogP contribution in [0.2, 0.25) is 5.02 Å². The number of aromatic amines is 1. The number of nitrogens with one attached hydrogen (secondary N) is 1. The first-order valence-electron chi connectivity index (χ1n) is 7.22. The van der Waals surface area contributed by atoms with Crippen molar-refractivity contribution in [3.63, 3.8) is 0 Å². The van der Waals surface area contributed by atoms with Crippen LogP contribution in [0.3, 0.4) is 0 Å². The van der Waals surface area contributed by atoms with E-state index in [0.717, 1.165) is 19.3 Å². The average Bonchev–Trinajstić information content (AvgIpc) is 2.96. The number of piperidine rings is 1. The normalized spacial score (nSPS) is 18.5. The summed E-state index contributed by atoms with van der Waals surface area (Å²) in [6.45, 7) is 2.37. The van der Waals surface area contributed by atoms with Crippen LogP contribution in [0.15, 0.2) is 18.2 Å². The summed E-state index contributed by atoms with van der Waals surface area (Å²) in [5, 5.41) is 6.90. The number of amides is 1. The van der Waals surface area contributed by atoms with Gasteiger partial charge in [-0.1, -0.05) is 17.7 Å². The summed E-state index contributed by atoms with van der Waals surface area (Å²) in [5.74, 6) is 0.228. The largest absolute Gasteiger partial charge is 0.328 e. The molecule has 0 spiro atoms. The van der Waals surface area contributed by atoms with Crippen molar-refractivity contribution in [1.82, 2.24) is 20.1 Å². The zero-order valence-electron chi connectivity index (χ0n) is 12.1. The second-order valence-corrected chi connectivity index (χ2v) is 5.80. The molecule has 1 atom stereocenters. The standard InChI is InChI=1S/C15H16ClFN4O/c1-9-18-14(20-19-9)12-7-2-3-8-21(12)15(22)10-5-4-6-11(16)13(10)17/h4-6,12H,2-3,7-8H2,1H3,(H,18,19,20). The molecule has 1 aliphatic heterocycles. The first kappa shape index (κ1) is 15.0. The van der Waals surface area contributed by atoms with E-state index in [1.54, 1.807) is 11.0 Å². The third kappa shape index (κ3) is 2.70. The van der Waals surface area contributed by atoms with Gasteiger partial charge < -0.3 is 4.90 Å². The first-order valence-corrected chi connectivity index (χ1v) is 7.59. The number of aromatic nitrogens is 3. The fourth-order valence-corrected chi connectivity index (χ4v) is 2.95. The monoisotopic (exact) mass is 322 g/mol. The van der Waals surface area contributed by atoms with E-state index in [1.165, 1.54) is 12.1 Å². The third-order valence-corrected chi connectivity index (χ3v) is 4.15. The minimum absolute atomic E-state index is 0.00772. The summed E-state index contributed by atoms with van der Waals surface area (Å²) in [6.07, 6.45) is 2.64. The summed E-state index contributed by atoms with van der Waals surface area (Å²) in [4.78, 5) is 18.7. The lowest BCUT2D eigenvalue weighted by atomic mass is 10.00. The molecule has 0 saturated carbocycles. The minimum atomic E-state index is -0.676. The van der Waals surface area contributed by atoms with E-state index in [1.807, 2.05) is 6.92 Å². The molecule has 1 saturated heterocycles. The Hall–Kier alpha value is -1.95. The quantitative estimate of drug-likeness (QED) is 0.923. The number of likely N-dealkylation sites (tertiary alicyclic amines) is 1. The van der Waals surface area contributed by atoms with Crippen molar-refractivity contribution >= 4 is 17.5 Å². The van der Waals surface area contributed by atoms with E-state index in [4.69, 9.17) is 11.6 Å². The van der Waals surface area contributed by atoms with E-state index in [9.17, 15) is 9.18 Å². The molecular weight excluding hydrogens is 307 g/mol. The summed E-state index contributed by atoms with van der Waals surface area (Å²) < 4.78 is 14.1. The maximum atomic E-state index is 14.1.